The number of hydrogen-bond donors (Lipinski definition) is 2. The minimum absolute atomic E-state index is 0.0618. The topological polar surface area (TPSA) is 84.5 Å². The van der Waals surface area contributed by atoms with Crippen molar-refractivity contribution in [2.75, 3.05) is 19.7 Å². The van der Waals surface area contributed by atoms with E-state index in [1.807, 2.05) is 20.8 Å². The normalized spacial score (nSPS) is 10.7. The Bertz CT molecular complexity index is 321. The van der Waals surface area contributed by atoms with Crippen molar-refractivity contribution in [1.29, 1.82) is 0 Å². The van der Waals surface area contributed by atoms with Crippen LogP contribution in [0.3, 0.4) is 0 Å². The molecule has 0 heterocycles. The molecule has 0 aliphatic rings. The third kappa shape index (κ3) is 9.04. The van der Waals surface area contributed by atoms with Crippen molar-refractivity contribution in [1.82, 2.24) is 10.6 Å². The summed E-state index contributed by atoms with van der Waals surface area (Å²) in [5.74, 6) is -0.662. The molecule has 110 valence electrons. The Kier molecular flexibility index (Phi) is 7.79. The second kappa shape index (κ2) is 8.50. The fraction of sp³-hybridized carbons (Fsp3) is 0.769. The van der Waals surface area contributed by atoms with Gasteiger partial charge in [0.1, 0.15) is 0 Å². The molecule has 6 nitrogen and oxygen atoms in total. The highest BCUT2D eigenvalue weighted by Crippen LogP contribution is 2.11. The van der Waals surface area contributed by atoms with Crippen LogP contribution < -0.4 is 10.6 Å². The molecule has 0 aromatic rings. The molecule has 0 aliphatic carbocycles. The van der Waals surface area contributed by atoms with Crippen LogP contribution >= 0.6 is 0 Å². The summed E-state index contributed by atoms with van der Waals surface area (Å²) in [5, 5.41) is 5.34. The van der Waals surface area contributed by atoms with Crippen molar-refractivity contribution in [2.24, 2.45) is 5.41 Å². The van der Waals surface area contributed by atoms with Crippen molar-refractivity contribution >= 4 is 17.8 Å². The van der Waals surface area contributed by atoms with Crippen LogP contribution in [0, 0.1) is 5.41 Å². The fourth-order valence-corrected chi connectivity index (χ4v) is 1.18. The summed E-state index contributed by atoms with van der Waals surface area (Å²) in [6, 6.07) is 0. The van der Waals surface area contributed by atoms with Gasteiger partial charge in [0.25, 0.3) is 0 Å². The van der Waals surface area contributed by atoms with Crippen LogP contribution in [0.2, 0.25) is 0 Å². The van der Waals surface area contributed by atoms with E-state index in [1.54, 1.807) is 6.92 Å². The third-order valence-electron chi connectivity index (χ3n) is 2.28. The van der Waals surface area contributed by atoms with E-state index in [9.17, 15) is 14.4 Å². The molecule has 0 aliphatic heterocycles. The summed E-state index contributed by atoms with van der Waals surface area (Å²) in [4.78, 5) is 33.9. The van der Waals surface area contributed by atoms with E-state index in [1.165, 1.54) is 0 Å². The zero-order chi connectivity index (χ0) is 14.9. The largest absolute Gasteiger partial charge is 0.466 e. The number of nitrogens with one attached hydrogen (secondary N) is 2. The lowest BCUT2D eigenvalue weighted by atomic mass is 9.96. The van der Waals surface area contributed by atoms with Gasteiger partial charge in [-0.15, -0.1) is 0 Å². The highest BCUT2D eigenvalue weighted by Gasteiger charge is 2.20. The van der Waals surface area contributed by atoms with Crippen LogP contribution in [-0.2, 0) is 19.1 Å². The van der Waals surface area contributed by atoms with Gasteiger partial charge in [0.05, 0.1) is 13.0 Å². The summed E-state index contributed by atoms with van der Waals surface area (Å²) in [6.45, 7) is 8.22. The molecule has 2 N–H and O–H groups in total. The molecular formula is C13H24N2O4. The lowest BCUT2D eigenvalue weighted by Gasteiger charge is -2.17. The summed E-state index contributed by atoms with van der Waals surface area (Å²) in [5.41, 5.74) is -0.437. The van der Waals surface area contributed by atoms with Crippen LogP contribution in [0.1, 0.15) is 40.5 Å². The van der Waals surface area contributed by atoms with Crippen molar-refractivity contribution in [3.8, 4) is 0 Å². The number of rotatable bonds is 7. The Hall–Kier alpha value is -1.59. The molecule has 0 rings (SSSR count). The molecule has 0 aromatic heterocycles. The molecule has 0 unspecified atom stereocenters. The summed E-state index contributed by atoms with van der Waals surface area (Å²) in [6.07, 6.45) is 0.181. The Labute approximate surface area is 114 Å². The van der Waals surface area contributed by atoms with E-state index in [0.29, 0.717) is 19.7 Å². The first kappa shape index (κ1) is 17.4. The van der Waals surface area contributed by atoms with Gasteiger partial charge in [0, 0.05) is 24.9 Å². The van der Waals surface area contributed by atoms with Crippen molar-refractivity contribution in [3.05, 3.63) is 0 Å². The molecule has 0 spiro atoms. The quantitative estimate of drug-likeness (QED) is 0.525. The summed E-state index contributed by atoms with van der Waals surface area (Å²) in [7, 11) is 0. The van der Waals surface area contributed by atoms with E-state index >= 15 is 0 Å². The second-order valence-electron chi connectivity index (χ2n) is 5.16. The van der Waals surface area contributed by atoms with Crippen LogP contribution in [0.4, 0.5) is 0 Å². The molecule has 0 saturated heterocycles. The maximum atomic E-state index is 11.5. The number of amides is 2. The van der Waals surface area contributed by atoms with E-state index < -0.39 is 5.41 Å². The lowest BCUT2D eigenvalue weighted by molar-refractivity contribution is -0.144. The van der Waals surface area contributed by atoms with Gasteiger partial charge in [-0.3, -0.25) is 14.4 Å². The number of esters is 1. The first-order valence-electron chi connectivity index (χ1n) is 6.48. The number of ether oxygens (including phenoxy) is 1. The molecule has 2 amide bonds. The highest BCUT2D eigenvalue weighted by atomic mass is 16.5. The minimum Gasteiger partial charge on any atom is -0.466 e. The van der Waals surface area contributed by atoms with Gasteiger partial charge in [-0.1, -0.05) is 20.8 Å². The van der Waals surface area contributed by atoms with Crippen molar-refractivity contribution < 1.29 is 19.1 Å². The maximum Gasteiger partial charge on any atom is 0.306 e. The zero-order valence-electron chi connectivity index (χ0n) is 12.2. The Morgan fingerprint density at radius 1 is 1.00 bits per heavy atom. The van der Waals surface area contributed by atoms with E-state index in [0.717, 1.165) is 0 Å². The second-order valence-corrected chi connectivity index (χ2v) is 5.16. The molecule has 6 heteroatoms. The van der Waals surface area contributed by atoms with Crippen LogP contribution in [0.15, 0.2) is 0 Å². The smallest absolute Gasteiger partial charge is 0.306 e. The predicted octanol–water partition coefficient (Wildman–Crippen LogP) is 0.608. The molecule has 0 bridgehead atoms. The van der Waals surface area contributed by atoms with E-state index in [-0.39, 0.29) is 30.6 Å². The standard InChI is InChI=1S/C13H24N2O4/c1-5-19-11(17)7-6-10(16)14-8-9-15-12(18)13(2,3)4/h5-9H2,1-4H3,(H,14,16)(H,15,18). The molecule has 0 aromatic carbocycles. The first-order chi connectivity index (χ1) is 8.77. The maximum absolute atomic E-state index is 11.5. The van der Waals surface area contributed by atoms with Crippen LogP contribution in [0.25, 0.3) is 0 Å². The molecule has 0 fully saturated rings. The number of carbonyl (C=O) groups is 3. The van der Waals surface area contributed by atoms with Gasteiger partial charge in [0.15, 0.2) is 0 Å². The monoisotopic (exact) mass is 272 g/mol. The molecule has 0 saturated carbocycles. The summed E-state index contributed by atoms with van der Waals surface area (Å²) >= 11 is 0. The van der Waals surface area contributed by atoms with Gasteiger partial charge in [-0.2, -0.15) is 0 Å². The molecule has 0 atom stereocenters. The third-order valence-corrected chi connectivity index (χ3v) is 2.28. The van der Waals surface area contributed by atoms with Gasteiger partial charge in [-0.05, 0) is 6.92 Å². The van der Waals surface area contributed by atoms with Crippen LogP contribution in [0.5, 0.6) is 0 Å². The predicted molar refractivity (Wildman–Crippen MR) is 71.3 cm³/mol. The lowest BCUT2D eigenvalue weighted by Crippen LogP contribution is -2.39. The van der Waals surface area contributed by atoms with Gasteiger partial charge >= 0.3 is 5.97 Å². The molecule has 19 heavy (non-hydrogen) atoms. The number of hydrogen-bond acceptors (Lipinski definition) is 4. The average molecular weight is 272 g/mol. The highest BCUT2D eigenvalue weighted by molar-refractivity contribution is 5.82. The van der Waals surface area contributed by atoms with Crippen molar-refractivity contribution in [3.63, 3.8) is 0 Å². The van der Waals surface area contributed by atoms with Crippen molar-refractivity contribution in [2.45, 2.75) is 40.5 Å². The average Bonchev–Trinajstić information content (AvgIpc) is 2.31. The first-order valence-corrected chi connectivity index (χ1v) is 6.48. The SMILES string of the molecule is CCOC(=O)CCC(=O)NCCNC(=O)C(C)(C)C. The van der Waals surface area contributed by atoms with Gasteiger partial charge < -0.3 is 15.4 Å². The van der Waals surface area contributed by atoms with Gasteiger partial charge in [0.2, 0.25) is 11.8 Å². The summed E-state index contributed by atoms with van der Waals surface area (Å²) < 4.78 is 4.71. The molecule has 0 radical (unpaired) electrons. The Balaban J connectivity index is 3.65. The molecular weight excluding hydrogens is 248 g/mol. The zero-order valence-corrected chi connectivity index (χ0v) is 12.2. The number of carbonyl (C=O) groups excluding carboxylic acids is 3. The van der Waals surface area contributed by atoms with Crippen LogP contribution in [-0.4, -0.2) is 37.5 Å². The van der Waals surface area contributed by atoms with E-state index in [4.69, 9.17) is 4.74 Å². The fourth-order valence-electron chi connectivity index (χ4n) is 1.18. The minimum atomic E-state index is -0.437. The Morgan fingerprint density at radius 3 is 2.11 bits per heavy atom. The Morgan fingerprint density at radius 2 is 1.58 bits per heavy atom. The van der Waals surface area contributed by atoms with E-state index in [2.05, 4.69) is 10.6 Å². The van der Waals surface area contributed by atoms with Gasteiger partial charge in [-0.25, -0.2) is 0 Å².